The van der Waals surface area contributed by atoms with E-state index in [-0.39, 0.29) is 5.41 Å². The third kappa shape index (κ3) is 2.75. The number of nitrogens with zero attached hydrogens (tertiary/aromatic N) is 2. The van der Waals surface area contributed by atoms with Gasteiger partial charge in [0.25, 0.3) is 0 Å². The molecule has 0 saturated heterocycles. The molecule has 4 nitrogen and oxygen atoms in total. The Bertz CT molecular complexity index is 827. The molecule has 0 unspecified atom stereocenters. The topological polar surface area (TPSA) is 52.5 Å². The zero-order valence-electron chi connectivity index (χ0n) is 14.1. The highest BCUT2D eigenvalue weighted by molar-refractivity contribution is 7.15. The van der Waals surface area contributed by atoms with Crippen molar-refractivity contribution in [2.75, 3.05) is 6.61 Å². The number of para-hydroxylation sites is 1. The van der Waals surface area contributed by atoms with Crippen LogP contribution in [0.2, 0.25) is 0 Å². The third-order valence-electron chi connectivity index (χ3n) is 3.83. The van der Waals surface area contributed by atoms with Gasteiger partial charge in [0, 0.05) is 22.9 Å². The second kappa shape index (κ2) is 5.98. The summed E-state index contributed by atoms with van der Waals surface area (Å²) in [7, 11) is 0. The van der Waals surface area contributed by atoms with E-state index in [1.807, 2.05) is 25.1 Å². The zero-order chi connectivity index (χ0) is 16.6. The molecular formula is C18H23N3OS. The van der Waals surface area contributed by atoms with Crippen LogP contribution in [0.4, 0.5) is 0 Å². The van der Waals surface area contributed by atoms with E-state index >= 15 is 0 Å². The van der Waals surface area contributed by atoms with Gasteiger partial charge in [0.2, 0.25) is 0 Å². The molecule has 2 N–H and O–H groups in total. The number of nitrogens with two attached hydrogens (primary N) is 1. The monoisotopic (exact) mass is 329 g/mol. The van der Waals surface area contributed by atoms with Gasteiger partial charge >= 0.3 is 0 Å². The van der Waals surface area contributed by atoms with Gasteiger partial charge in [-0.15, -0.1) is 11.3 Å². The number of hydrogen-bond acceptors (Lipinski definition) is 4. The molecule has 3 rings (SSSR count). The number of benzene rings is 1. The van der Waals surface area contributed by atoms with E-state index in [0.29, 0.717) is 13.2 Å². The Kier molecular flexibility index (Phi) is 4.17. The van der Waals surface area contributed by atoms with Crippen LogP contribution in [0, 0.1) is 0 Å². The molecule has 0 saturated carbocycles. The second-order valence-corrected chi connectivity index (χ2v) is 7.37. The molecule has 1 aromatic carbocycles. The Labute approximate surface area is 140 Å². The molecule has 0 aliphatic rings. The largest absolute Gasteiger partial charge is 0.493 e. The Balaban J connectivity index is 2.26. The smallest absolute Gasteiger partial charge is 0.194 e. The molecule has 0 atom stereocenters. The second-order valence-electron chi connectivity index (χ2n) is 6.53. The summed E-state index contributed by atoms with van der Waals surface area (Å²) in [4.78, 5) is 5.82. The van der Waals surface area contributed by atoms with Crippen LogP contribution in [0.5, 0.6) is 5.75 Å². The van der Waals surface area contributed by atoms with Crippen molar-refractivity contribution in [3.63, 3.8) is 0 Å². The molecule has 5 heteroatoms. The lowest BCUT2D eigenvalue weighted by atomic mass is 9.90. The summed E-state index contributed by atoms with van der Waals surface area (Å²) >= 11 is 1.64. The standard InChI is InChI=1S/C18H23N3OS/c1-5-22-15-9-7-6-8-12(15)14-11-23-17-20-16(18(2,3)4)13(10-19)21(14)17/h6-9,11H,5,10,19H2,1-4H3. The van der Waals surface area contributed by atoms with Gasteiger partial charge in [0.1, 0.15) is 5.75 Å². The van der Waals surface area contributed by atoms with Crippen LogP contribution < -0.4 is 10.5 Å². The average molecular weight is 329 g/mol. The van der Waals surface area contributed by atoms with Crippen LogP contribution in [0.25, 0.3) is 16.2 Å². The van der Waals surface area contributed by atoms with E-state index in [2.05, 4.69) is 36.6 Å². The van der Waals surface area contributed by atoms with Gasteiger partial charge < -0.3 is 10.5 Å². The van der Waals surface area contributed by atoms with Crippen molar-refractivity contribution in [1.29, 1.82) is 0 Å². The molecule has 23 heavy (non-hydrogen) atoms. The first kappa shape index (κ1) is 16.0. The first-order valence-electron chi connectivity index (χ1n) is 7.89. The molecule has 0 amide bonds. The number of ether oxygens (including phenoxy) is 1. The minimum absolute atomic E-state index is 0.0306. The maximum atomic E-state index is 6.07. The van der Waals surface area contributed by atoms with Gasteiger partial charge in [-0.1, -0.05) is 32.9 Å². The highest BCUT2D eigenvalue weighted by Crippen LogP contribution is 2.36. The Morgan fingerprint density at radius 2 is 2.00 bits per heavy atom. The molecule has 0 aliphatic carbocycles. The summed E-state index contributed by atoms with van der Waals surface area (Å²) in [5.41, 5.74) is 10.4. The van der Waals surface area contributed by atoms with Crippen molar-refractivity contribution in [1.82, 2.24) is 9.38 Å². The van der Waals surface area contributed by atoms with Gasteiger partial charge in [0.05, 0.1) is 23.7 Å². The lowest BCUT2D eigenvalue weighted by Crippen LogP contribution is -2.17. The van der Waals surface area contributed by atoms with Crippen LogP contribution in [0.15, 0.2) is 29.6 Å². The lowest BCUT2D eigenvalue weighted by Gasteiger charge is -2.18. The molecule has 0 bridgehead atoms. The van der Waals surface area contributed by atoms with Crippen molar-refractivity contribution in [2.24, 2.45) is 5.73 Å². The molecule has 2 aromatic heterocycles. The molecule has 2 heterocycles. The normalized spacial score (nSPS) is 12.0. The first-order chi connectivity index (χ1) is 11.0. The number of fused-ring (bicyclic) bond motifs is 1. The van der Waals surface area contributed by atoms with Crippen molar-refractivity contribution in [2.45, 2.75) is 39.7 Å². The fourth-order valence-corrected chi connectivity index (χ4v) is 3.76. The quantitative estimate of drug-likeness (QED) is 0.780. The molecular weight excluding hydrogens is 306 g/mol. The summed E-state index contributed by atoms with van der Waals surface area (Å²) in [6.07, 6.45) is 0. The predicted molar refractivity (Wildman–Crippen MR) is 96.3 cm³/mol. The van der Waals surface area contributed by atoms with E-state index in [1.165, 1.54) is 0 Å². The van der Waals surface area contributed by atoms with Crippen molar-refractivity contribution < 1.29 is 4.74 Å². The molecule has 0 fully saturated rings. The molecule has 0 radical (unpaired) electrons. The maximum absolute atomic E-state index is 6.07. The highest BCUT2D eigenvalue weighted by atomic mass is 32.1. The fraction of sp³-hybridized carbons (Fsp3) is 0.389. The van der Waals surface area contributed by atoms with Gasteiger partial charge in [-0.3, -0.25) is 4.40 Å². The van der Waals surface area contributed by atoms with E-state index in [1.54, 1.807) is 11.3 Å². The minimum atomic E-state index is -0.0306. The number of imidazole rings is 1. The van der Waals surface area contributed by atoms with Crippen LogP contribution in [0.3, 0.4) is 0 Å². The maximum Gasteiger partial charge on any atom is 0.194 e. The molecule has 122 valence electrons. The van der Waals surface area contributed by atoms with Gasteiger partial charge in [-0.2, -0.15) is 0 Å². The fourth-order valence-electron chi connectivity index (χ4n) is 2.85. The summed E-state index contributed by atoms with van der Waals surface area (Å²) in [5.74, 6) is 0.892. The number of thiazole rings is 1. The summed E-state index contributed by atoms with van der Waals surface area (Å²) in [6.45, 7) is 9.63. The Morgan fingerprint density at radius 1 is 1.26 bits per heavy atom. The first-order valence-corrected chi connectivity index (χ1v) is 8.77. The van der Waals surface area contributed by atoms with Crippen molar-refractivity contribution in [3.8, 4) is 17.0 Å². The van der Waals surface area contributed by atoms with Gasteiger partial charge in [-0.25, -0.2) is 4.98 Å². The number of hydrogen-bond donors (Lipinski definition) is 1. The Hall–Kier alpha value is -1.85. The van der Waals surface area contributed by atoms with E-state index in [9.17, 15) is 0 Å². The summed E-state index contributed by atoms with van der Waals surface area (Å²) in [6, 6.07) is 8.12. The van der Waals surface area contributed by atoms with Crippen LogP contribution in [-0.2, 0) is 12.0 Å². The summed E-state index contributed by atoms with van der Waals surface area (Å²) < 4.78 is 7.98. The SMILES string of the molecule is CCOc1ccccc1-c1csc2nc(C(C)(C)C)c(CN)n12. The molecule has 0 aliphatic heterocycles. The van der Waals surface area contributed by atoms with E-state index in [4.69, 9.17) is 15.5 Å². The van der Waals surface area contributed by atoms with Gasteiger partial charge in [0.15, 0.2) is 4.96 Å². The number of aromatic nitrogens is 2. The van der Waals surface area contributed by atoms with Crippen LogP contribution in [-0.4, -0.2) is 16.0 Å². The lowest BCUT2D eigenvalue weighted by molar-refractivity contribution is 0.341. The zero-order valence-corrected chi connectivity index (χ0v) is 14.9. The van der Waals surface area contributed by atoms with Crippen LogP contribution in [0.1, 0.15) is 39.1 Å². The van der Waals surface area contributed by atoms with Gasteiger partial charge in [-0.05, 0) is 19.1 Å². The van der Waals surface area contributed by atoms with E-state index in [0.717, 1.165) is 33.4 Å². The Morgan fingerprint density at radius 3 is 2.65 bits per heavy atom. The van der Waals surface area contributed by atoms with Crippen LogP contribution >= 0.6 is 11.3 Å². The average Bonchev–Trinajstić information content (AvgIpc) is 3.06. The number of rotatable bonds is 4. The molecule has 3 aromatic rings. The van der Waals surface area contributed by atoms with Crippen molar-refractivity contribution in [3.05, 3.63) is 41.0 Å². The predicted octanol–water partition coefficient (Wildman–Crippen LogP) is 4.22. The third-order valence-corrected chi connectivity index (χ3v) is 4.65. The minimum Gasteiger partial charge on any atom is -0.493 e. The highest BCUT2D eigenvalue weighted by Gasteiger charge is 2.25. The van der Waals surface area contributed by atoms with E-state index < -0.39 is 0 Å². The summed E-state index contributed by atoms with van der Waals surface area (Å²) in [5, 5.41) is 2.13. The van der Waals surface area contributed by atoms with Crippen molar-refractivity contribution >= 4 is 16.3 Å². The molecule has 0 spiro atoms.